The zero-order valence-corrected chi connectivity index (χ0v) is 6.98. The van der Waals surface area contributed by atoms with Crippen molar-refractivity contribution in [3.63, 3.8) is 0 Å². The molecule has 0 saturated heterocycles. The van der Waals surface area contributed by atoms with E-state index in [-0.39, 0.29) is 12.4 Å². The summed E-state index contributed by atoms with van der Waals surface area (Å²) >= 11 is 0. The fourth-order valence-corrected chi connectivity index (χ4v) is 0.828. The van der Waals surface area contributed by atoms with Gasteiger partial charge in [-0.3, -0.25) is 4.68 Å². The zero-order valence-electron chi connectivity index (χ0n) is 6.16. The van der Waals surface area contributed by atoms with Crippen molar-refractivity contribution in [1.82, 2.24) is 9.78 Å². The summed E-state index contributed by atoms with van der Waals surface area (Å²) in [6.45, 7) is 2.04. The first-order valence-electron chi connectivity index (χ1n) is 3.02. The maximum atomic E-state index is 5.57. The first-order valence-corrected chi connectivity index (χ1v) is 3.02. The number of nitrogens with two attached hydrogens (primary N) is 1. The van der Waals surface area contributed by atoms with E-state index in [9.17, 15) is 0 Å². The predicted octanol–water partition coefficient (Wildman–Crippen LogP) is 0.986. The Morgan fingerprint density at radius 1 is 1.70 bits per heavy atom. The molecule has 1 rings (SSSR count). The molecule has 0 fully saturated rings. The molecule has 0 radical (unpaired) electrons. The molecule has 1 aromatic heterocycles. The number of hydrogen-bond donors (Lipinski definition) is 1. The second-order valence-corrected chi connectivity index (χ2v) is 2.06. The number of halogens is 1. The molecule has 1 aromatic rings. The molecule has 0 aliphatic carbocycles. The largest absolute Gasteiger partial charge is 0.396 e. The van der Waals surface area contributed by atoms with Gasteiger partial charge in [0.2, 0.25) is 0 Å². The van der Waals surface area contributed by atoms with Crippen LogP contribution in [0, 0.1) is 0 Å². The number of aryl methyl sites for hydroxylation is 2. The van der Waals surface area contributed by atoms with Gasteiger partial charge < -0.3 is 5.73 Å². The summed E-state index contributed by atoms with van der Waals surface area (Å²) in [7, 11) is 1.87. The van der Waals surface area contributed by atoms with Gasteiger partial charge in [0.25, 0.3) is 0 Å². The van der Waals surface area contributed by atoms with Crippen molar-refractivity contribution in [3.05, 3.63) is 11.9 Å². The number of hydrogen-bond acceptors (Lipinski definition) is 2. The molecule has 3 nitrogen and oxygen atoms in total. The Labute approximate surface area is 66.6 Å². The van der Waals surface area contributed by atoms with Crippen molar-refractivity contribution >= 4 is 18.1 Å². The molecule has 1 heterocycles. The molecule has 0 saturated carbocycles. The third-order valence-corrected chi connectivity index (χ3v) is 1.27. The van der Waals surface area contributed by atoms with Gasteiger partial charge in [0.05, 0.1) is 11.4 Å². The maximum absolute atomic E-state index is 5.57. The molecule has 4 heteroatoms. The van der Waals surface area contributed by atoms with Crippen molar-refractivity contribution in [2.24, 2.45) is 7.05 Å². The van der Waals surface area contributed by atoms with Crippen molar-refractivity contribution in [3.8, 4) is 0 Å². The molecule has 0 aliphatic rings. The second-order valence-electron chi connectivity index (χ2n) is 2.06. The van der Waals surface area contributed by atoms with E-state index in [2.05, 4.69) is 5.10 Å². The van der Waals surface area contributed by atoms with Crippen LogP contribution in [0.1, 0.15) is 12.6 Å². The summed E-state index contributed by atoms with van der Waals surface area (Å²) < 4.78 is 1.73. The number of rotatable bonds is 1. The van der Waals surface area contributed by atoms with Crippen molar-refractivity contribution in [2.75, 3.05) is 5.73 Å². The van der Waals surface area contributed by atoms with Gasteiger partial charge in [0.15, 0.2) is 0 Å². The first-order chi connectivity index (χ1) is 4.24. The summed E-state index contributed by atoms with van der Waals surface area (Å²) in [5, 5.41) is 4.12. The van der Waals surface area contributed by atoms with E-state index in [0.29, 0.717) is 0 Å². The highest BCUT2D eigenvalue weighted by Gasteiger charge is 1.98. The smallest absolute Gasteiger partial charge is 0.0850 e. The molecule has 0 aliphatic heterocycles. The lowest BCUT2D eigenvalue weighted by atomic mass is 10.3. The molecule has 10 heavy (non-hydrogen) atoms. The van der Waals surface area contributed by atoms with E-state index in [1.807, 2.05) is 20.2 Å². The van der Waals surface area contributed by atoms with Crippen LogP contribution in [0.25, 0.3) is 0 Å². The molecule has 2 N–H and O–H groups in total. The number of nitrogen functional groups attached to an aromatic ring is 1. The molecule has 0 atom stereocenters. The average molecular weight is 162 g/mol. The van der Waals surface area contributed by atoms with Gasteiger partial charge in [-0.25, -0.2) is 0 Å². The van der Waals surface area contributed by atoms with E-state index in [1.165, 1.54) is 0 Å². The summed E-state index contributed by atoms with van der Waals surface area (Å²) in [4.78, 5) is 0. The van der Waals surface area contributed by atoms with Gasteiger partial charge in [-0.2, -0.15) is 5.10 Å². The lowest BCUT2D eigenvalue weighted by Gasteiger charge is -1.86. The molecule has 0 unspecified atom stereocenters. The summed E-state index contributed by atoms with van der Waals surface area (Å²) in [6.07, 6.45) is 2.73. The average Bonchev–Trinajstić information content (AvgIpc) is 2.10. The standard InChI is InChI=1S/C6H11N3.ClH/c1-3-6-5(7)4-9(2)8-6;/h4H,3,7H2,1-2H3;1H. The van der Waals surface area contributed by atoms with Gasteiger partial charge in [0.1, 0.15) is 0 Å². The normalized spacial score (nSPS) is 9.00. The van der Waals surface area contributed by atoms with Crippen LogP contribution in [-0.4, -0.2) is 9.78 Å². The highest BCUT2D eigenvalue weighted by Crippen LogP contribution is 2.07. The number of anilines is 1. The third kappa shape index (κ3) is 1.64. The Morgan fingerprint density at radius 2 is 2.30 bits per heavy atom. The number of aromatic nitrogens is 2. The van der Waals surface area contributed by atoms with Crippen LogP contribution in [0.15, 0.2) is 6.20 Å². The Bertz CT molecular complexity index is 207. The van der Waals surface area contributed by atoms with Gasteiger partial charge in [-0.1, -0.05) is 6.92 Å². The summed E-state index contributed by atoms with van der Waals surface area (Å²) in [6, 6.07) is 0. The van der Waals surface area contributed by atoms with Gasteiger partial charge in [0, 0.05) is 13.2 Å². The Hall–Kier alpha value is -0.700. The Kier molecular flexibility index (Phi) is 3.22. The van der Waals surface area contributed by atoms with Crippen LogP contribution >= 0.6 is 12.4 Å². The van der Waals surface area contributed by atoms with Crippen molar-refractivity contribution in [1.29, 1.82) is 0 Å². The quantitative estimate of drug-likeness (QED) is 0.668. The number of nitrogens with zero attached hydrogens (tertiary/aromatic N) is 2. The van der Waals surface area contributed by atoms with Crippen LogP contribution in [0.3, 0.4) is 0 Å². The fourth-order valence-electron chi connectivity index (χ4n) is 0.828. The van der Waals surface area contributed by atoms with Crippen molar-refractivity contribution in [2.45, 2.75) is 13.3 Å². The Balaban J connectivity index is 0.000000810. The van der Waals surface area contributed by atoms with E-state index in [4.69, 9.17) is 5.73 Å². The topological polar surface area (TPSA) is 43.8 Å². The lowest BCUT2D eigenvalue weighted by molar-refractivity contribution is 0.746. The second kappa shape index (κ2) is 3.46. The SMILES string of the molecule is CCc1nn(C)cc1N.Cl. The van der Waals surface area contributed by atoms with Crippen molar-refractivity contribution < 1.29 is 0 Å². The first kappa shape index (κ1) is 9.30. The minimum Gasteiger partial charge on any atom is -0.396 e. The fraction of sp³-hybridized carbons (Fsp3) is 0.500. The van der Waals surface area contributed by atoms with E-state index < -0.39 is 0 Å². The third-order valence-electron chi connectivity index (χ3n) is 1.27. The van der Waals surface area contributed by atoms with Crippen LogP contribution < -0.4 is 5.73 Å². The lowest BCUT2D eigenvalue weighted by Crippen LogP contribution is -1.90. The molecule has 0 bridgehead atoms. The van der Waals surface area contributed by atoms with Gasteiger partial charge in [-0.15, -0.1) is 12.4 Å². The van der Waals surface area contributed by atoms with E-state index in [1.54, 1.807) is 4.68 Å². The minimum absolute atomic E-state index is 0. The highest BCUT2D eigenvalue weighted by atomic mass is 35.5. The molecular formula is C6H12ClN3. The predicted molar refractivity (Wildman–Crippen MR) is 44.2 cm³/mol. The molecular weight excluding hydrogens is 150 g/mol. The van der Waals surface area contributed by atoms with E-state index >= 15 is 0 Å². The zero-order chi connectivity index (χ0) is 6.85. The van der Waals surface area contributed by atoms with Crippen LogP contribution in [-0.2, 0) is 13.5 Å². The molecule has 58 valence electrons. The van der Waals surface area contributed by atoms with Crippen LogP contribution in [0.4, 0.5) is 5.69 Å². The highest BCUT2D eigenvalue weighted by molar-refractivity contribution is 5.85. The van der Waals surface area contributed by atoms with Crippen LogP contribution in [0.2, 0.25) is 0 Å². The van der Waals surface area contributed by atoms with Gasteiger partial charge in [-0.05, 0) is 6.42 Å². The monoisotopic (exact) mass is 161 g/mol. The Morgan fingerprint density at radius 3 is 2.50 bits per heavy atom. The summed E-state index contributed by atoms with van der Waals surface area (Å²) in [5.74, 6) is 0. The minimum atomic E-state index is 0. The molecule has 0 amide bonds. The van der Waals surface area contributed by atoms with E-state index in [0.717, 1.165) is 17.8 Å². The van der Waals surface area contributed by atoms with Gasteiger partial charge >= 0.3 is 0 Å². The summed E-state index contributed by atoms with van der Waals surface area (Å²) in [5.41, 5.74) is 7.34. The maximum Gasteiger partial charge on any atom is 0.0850 e. The molecule has 0 spiro atoms. The van der Waals surface area contributed by atoms with Crippen LogP contribution in [0.5, 0.6) is 0 Å². The molecule has 0 aromatic carbocycles.